The fourth-order valence-corrected chi connectivity index (χ4v) is 3.31. The van der Waals surface area contributed by atoms with E-state index < -0.39 is 0 Å². The molecule has 1 N–H and O–H groups in total. The van der Waals surface area contributed by atoms with Gasteiger partial charge in [0.05, 0.1) is 18.2 Å². The Labute approximate surface area is 151 Å². The molecular formula is C19H20ClN3O2. The number of nitrogens with one attached hydrogen (secondary N) is 1. The van der Waals surface area contributed by atoms with E-state index >= 15 is 0 Å². The van der Waals surface area contributed by atoms with E-state index in [-0.39, 0.29) is 6.10 Å². The van der Waals surface area contributed by atoms with Crippen LogP contribution in [0.3, 0.4) is 0 Å². The predicted octanol–water partition coefficient (Wildman–Crippen LogP) is 4.25. The normalized spacial score (nSPS) is 17.1. The van der Waals surface area contributed by atoms with Crippen LogP contribution in [0.1, 0.15) is 12.8 Å². The van der Waals surface area contributed by atoms with Crippen molar-refractivity contribution in [2.24, 2.45) is 0 Å². The predicted molar refractivity (Wildman–Crippen MR) is 99.7 cm³/mol. The van der Waals surface area contributed by atoms with Crippen LogP contribution in [0.25, 0.3) is 16.9 Å². The van der Waals surface area contributed by atoms with E-state index in [0.29, 0.717) is 5.02 Å². The smallest absolute Gasteiger partial charge is 0.139 e. The summed E-state index contributed by atoms with van der Waals surface area (Å²) in [6.07, 6.45) is 4.33. The standard InChI is InChI=1S/C19H20ClN3O2/c1-24-15-7-4-13(5-8-15)18-19(21-11-16-3-2-10-25-16)23-12-14(20)6-9-17(23)22-18/h4-9,12,16,21H,2-3,10-11H2,1H3/t16-/m1/s1. The number of nitrogens with zero attached hydrogens (tertiary/aromatic N) is 2. The number of imidazole rings is 1. The van der Waals surface area contributed by atoms with Crippen molar-refractivity contribution < 1.29 is 9.47 Å². The number of pyridine rings is 1. The van der Waals surface area contributed by atoms with Gasteiger partial charge in [-0.3, -0.25) is 4.40 Å². The van der Waals surface area contributed by atoms with Crippen molar-refractivity contribution in [2.45, 2.75) is 18.9 Å². The van der Waals surface area contributed by atoms with E-state index in [1.54, 1.807) is 7.11 Å². The summed E-state index contributed by atoms with van der Waals surface area (Å²) in [5, 5.41) is 4.19. The maximum absolute atomic E-state index is 6.20. The van der Waals surface area contributed by atoms with Crippen LogP contribution >= 0.6 is 11.6 Å². The highest BCUT2D eigenvalue weighted by Gasteiger charge is 2.19. The van der Waals surface area contributed by atoms with Gasteiger partial charge < -0.3 is 14.8 Å². The first-order valence-electron chi connectivity index (χ1n) is 8.42. The third kappa shape index (κ3) is 3.30. The van der Waals surface area contributed by atoms with Gasteiger partial charge in [-0.25, -0.2) is 4.98 Å². The first-order chi connectivity index (χ1) is 12.2. The van der Waals surface area contributed by atoms with Gasteiger partial charge >= 0.3 is 0 Å². The van der Waals surface area contributed by atoms with Crippen LogP contribution in [0.15, 0.2) is 42.6 Å². The Hall–Kier alpha value is -2.24. The van der Waals surface area contributed by atoms with Crippen LogP contribution in [0.4, 0.5) is 5.82 Å². The summed E-state index contributed by atoms with van der Waals surface area (Å²) in [4.78, 5) is 4.78. The molecule has 5 nitrogen and oxygen atoms in total. The van der Waals surface area contributed by atoms with Crippen LogP contribution in [-0.4, -0.2) is 35.8 Å². The van der Waals surface area contributed by atoms with Crippen molar-refractivity contribution in [3.05, 3.63) is 47.6 Å². The largest absolute Gasteiger partial charge is 0.497 e. The lowest BCUT2D eigenvalue weighted by atomic mass is 10.1. The summed E-state index contributed by atoms with van der Waals surface area (Å²) in [5.74, 6) is 1.75. The lowest BCUT2D eigenvalue weighted by Crippen LogP contribution is -2.19. The van der Waals surface area contributed by atoms with Gasteiger partial charge in [-0.15, -0.1) is 0 Å². The summed E-state index contributed by atoms with van der Waals surface area (Å²) in [6, 6.07) is 11.7. The second-order valence-electron chi connectivity index (χ2n) is 6.13. The molecule has 3 heterocycles. The van der Waals surface area contributed by atoms with E-state index in [9.17, 15) is 0 Å². The zero-order valence-corrected chi connectivity index (χ0v) is 14.8. The highest BCUT2D eigenvalue weighted by molar-refractivity contribution is 6.30. The quantitative estimate of drug-likeness (QED) is 0.741. The molecule has 1 saturated heterocycles. The molecule has 0 saturated carbocycles. The summed E-state index contributed by atoms with van der Waals surface area (Å²) in [6.45, 7) is 1.60. The highest BCUT2D eigenvalue weighted by Crippen LogP contribution is 2.31. The summed E-state index contributed by atoms with van der Waals surface area (Å²) in [7, 11) is 1.66. The van der Waals surface area contributed by atoms with Crippen molar-refractivity contribution in [1.82, 2.24) is 9.38 Å². The Kier molecular flexibility index (Phi) is 4.51. The summed E-state index contributed by atoms with van der Waals surface area (Å²) in [5.41, 5.74) is 2.77. The molecule has 4 rings (SSSR count). The van der Waals surface area contributed by atoms with Gasteiger partial charge in [0.2, 0.25) is 0 Å². The lowest BCUT2D eigenvalue weighted by molar-refractivity contribution is 0.120. The molecule has 6 heteroatoms. The average molecular weight is 358 g/mol. The fourth-order valence-electron chi connectivity index (χ4n) is 3.15. The number of hydrogen-bond acceptors (Lipinski definition) is 4. The molecular weight excluding hydrogens is 338 g/mol. The molecule has 25 heavy (non-hydrogen) atoms. The second-order valence-corrected chi connectivity index (χ2v) is 6.57. The molecule has 0 aliphatic carbocycles. The highest BCUT2D eigenvalue weighted by atomic mass is 35.5. The van der Waals surface area contributed by atoms with Crippen LogP contribution < -0.4 is 10.1 Å². The maximum atomic E-state index is 6.20. The maximum Gasteiger partial charge on any atom is 0.139 e. The Morgan fingerprint density at radius 1 is 1.28 bits per heavy atom. The third-order valence-corrected chi connectivity index (χ3v) is 4.69. The van der Waals surface area contributed by atoms with Crippen LogP contribution in [0.5, 0.6) is 5.75 Å². The monoisotopic (exact) mass is 357 g/mol. The van der Waals surface area contributed by atoms with E-state index in [1.165, 1.54) is 0 Å². The van der Waals surface area contributed by atoms with Crippen molar-refractivity contribution >= 4 is 23.1 Å². The topological polar surface area (TPSA) is 47.8 Å². The molecule has 3 aromatic rings. The minimum atomic E-state index is 0.244. The van der Waals surface area contributed by atoms with Crippen molar-refractivity contribution in [2.75, 3.05) is 25.6 Å². The zero-order valence-electron chi connectivity index (χ0n) is 14.0. The molecule has 0 spiro atoms. The van der Waals surface area contributed by atoms with Gasteiger partial charge in [0.25, 0.3) is 0 Å². The zero-order chi connectivity index (χ0) is 17.2. The average Bonchev–Trinajstić information content (AvgIpc) is 3.27. The minimum Gasteiger partial charge on any atom is -0.497 e. The SMILES string of the molecule is COc1ccc(-c2nc3ccc(Cl)cn3c2NC[C@H]2CCCO2)cc1. The number of aromatic nitrogens is 2. The Balaban J connectivity index is 1.74. The second kappa shape index (κ2) is 6.94. The summed E-state index contributed by atoms with van der Waals surface area (Å²) >= 11 is 6.20. The first-order valence-corrected chi connectivity index (χ1v) is 8.80. The van der Waals surface area contributed by atoms with Gasteiger partial charge in [-0.05, 0) is 49.2 Å². The van der Waals surface area contributed by atoms with Crippen LogP contribution in [0, 0.1) is 0 Å². The van der Waals surface area contributed by atoms with E-state index in [0.717, 1.165) is 54.5 Å². The van der Waals surface area contributed by atoms with Gasteiger partial charge in [-0.1, -0.05) is 11.6 Å². The molecule has 1 aliphatic rings. The van der Waals surface area contributed by atoms with E-state index in [1.807, 2.05) is 47.0 Å². The third-order valence-electron chi connectivity index (χ3n) is 4.47. The van der Waals surface area contributed by atoms with Crippen molar-refractivity contribution in [1.29, 1.82) is 0 Å². The van der Waals surface area contributed by atoms with E-state index in [4.69, 9.17) is 26.1 Å². The molecule has 1 fully saturated rings. The number of anilines is 1. The molecule has 1 atom stereocenters. The molecule has 0 radical (unpaired) electrons. The Morgan fingerprint density at radius 3 is 2.84 bits per heavy atom. The van der Waals surface area contributed by atoms with Gasteiger partial charge in [0.1, 0.15) is 22.9 Å². The minimum absolute atomic E-state index is 0.244. The molecule has 1 aliphatic heterocycles. The van der Waals surface area contributed by atoms with Crippen LogP contribution in [0.2, 0.25) is 5.02 Å². The molecule has 2 aromatic heterocycles. The van der Waals surface area contributed by atoms with E-state index in [2.05, 4.69) is 5.32 Å². The van der Waals surface area contributed by atoms with Gasteiger partial charge in [-0.2, -0.15) is 0 Å². The van der Waals surface area contributed by atoms with Gasteiger partial charge in [0, 0.05) is 24.9 Å². The number of hydrogen-bond donors (Lipinski definition) is 1. The first kappa shape index (κ1) is 16.2. The van der Waals surface area contributed by atoms with Crippen LogP contribution in [-0.2, 0) is 4.74 Å². The Morgan fingerprint density at radius 2 is 2.12 bits per heavy atom. The molecule has 0 bridgehead atoms. The Bertz CT molecular complexity index is 870. The number of fused-ring (bicyclic) bond motifs is 1. The molecule has 0 amide bonds. The lowest BCUT2D eigenvalue weighted by Gasteiger charge is -2.13. The van der Waals surface area contributed by atoms with Crippen molar-refractivity contribution in [3.8, 4) is 17.0 Å². The molecule has 0 unspecified atom stereocenters. The molecule has 130 valence electrons. The number of halogens is 1. The fraction of sp³-hybridized carbons (Fsp3) is 0.316. The molecule has 1 aromatic carbocycles. The van der Waals surface area contributed by atoms with Crippen molar-refractivity contribution in [3.63, 3.8) is 0 Å². The number of ether oxygens (including phenoxy) is 2. The number of benzene rings is 1. The summed E-state index contributed by atoms with van der Waals surface area (Å²) < 4.78 is 13.0. The number of rotatable bonds is 5. The number of methoxy groups -OCH3 is 1. The van der Waals surface area contributed by atoms with Gasteiger partial charge in [0.15, 0.2) is 0 Å².